The number of unbranched alkanes of at least 4 members (excludes halogenated alkanes) is 4. The van der Waals surface area contributed by atoms with Crippen molar-refractivity contribution < 1.29 is 36.0 Å². The first-order valence-electron chi connectivity index (χ1n) is 16.0. The van der Waals surface area contributed by atoms with Crippen LogP contribution in [0.5, 0.6) is 0 Å². The number of benzene rings is 3. The second-order valence-corrected chi connectivity index (χ2v) is 12.6. The molecule has 4 aromatic rings. The summed E-state index contributed by atoms with van der Waals surface area (Å²) < 4.78 is 6.20. The van der Waals surface area contributed by atoms with E-state index in [4.69, 9.17) is 9.72 Å². The number of hydrogen-bond acceptors (Lipinski definition) is 5. The van der Waals surface area contributed by atoms with Crippen molar-refractivity contribution in [1.29, 1.82) is 0 Å². The number of quaternary nitrogens is 1. The van der Waals surface area contributed by atoms with Crippen LogP contribution in [-0.4, -0.2) is 66.0 Å². The zero-order valence-corrected chi connectivity index (χ0v) is 28.5. The lowest BCUT2D eigenvalue weighted by Crippen LogP contribution is -3.00. The van der Waals surface area contributed by atoms with Crippen LogP contribution < -0.4 is 23.3 Å². The molecule has 0 saturated carbocycles. The van der Waals surface area contributed by atoms with Gasteiger partial charge in [0.25, 0.3) is 5.91 Å². The van der Waals surface area contributed by atoms with Gasteiger partial charge in [0, 0.05) is 28.7 Å². The minimum absolute atomic E-state index is 0. The fraction of sp³-hybridized carbons (Fsp3) is 0.351. The van der Waals surface area contributed by atoms with Crippen molar-refractivity contribution in [3.8, 4) is 33.9 Å². The molecule has 1 heterocycles. The fourth-order valence-electron chi connectivity index (χ4n) is 5.24. The lowest BCUT2D eigenvalue weighted by Gasteiger charge is -2.28. The number of esters is 1. The Morgan fingerprint density at radius 3 is 2.02 bits per heavy atom. The lowest BCUT2D eigenvalue weighted by atomic mass is 10.1. The summed E-state index contributed by atoms with van der Waals surface area (Å²) in [5, 5.41) is 0. The van der Waals surface area contributed by atoms with Gasteiger partial charge in [0.05, 0.1) is 39.0 Å². The number of carbonyl (C=O) groups is 3. The molecule has 9 nitrogen and oxygen atoms in total. The summed E-state index contributed by atoms with van der Waals surface area (Å²) >= 11 is 0. The van der Waals surface area contributed by atoms with Gasteiger partial charge in [0.15, 0.2) is 6.10 Å². The molecule has 0 radical (unpaired) electrons. The highest BCUT2D eigenvalue weighted by molar-refractivity contribution is 5.96. The number of ether oxygens (including phenoxy) is 1. The molecule has 1 atom stereocenters. The van der Waals surface area contributed by atoms with Crippen LogP contribution in [0.4, 0.5) is 0 Å². The van der Waals surface area contributed by atoms with Crippen molar-refractivity contribution in [2.45, 2.75) is 58.0 Å². The Morgan fingerprint density at radius 2 is 1.40 bits per heavy atom. The summed E-state index contributed by atoms with van der Waals surface area (Å²) in [4.78, 5) is 46.5. The molecule has 47 heavy (non-hydrogen) atoms. The normalized spacial score (nSPS) is 11.7. The second-order valence-electron chi connectivity index (χ2n) is 12.6. The van der Waals surface area contributed by atoms with E-state index in [0.717, 1.165) is 60.2 Å². The molecule has 0 aliphatic rings. The van der Waals surface area contributed by atoms with Crippen molar-refractivity contribution in [3.05, 3.63) is 90.5 Å². The van der Waals surface area contributed by atoms with Crippen LogP contribution >= 0.6 is 0 Å². The highest BCUT2D eigenvalue weighted by Crippen LogP contribution is 2.33. The highest BCUT2D eigenvalue weighted by Gasteiger charge is 2.25. The summed E-state index contributed by atoms with van der Waals surface area (Å²) in [7, 11) is 5.92. The molecule has 4 rings (SSSR count). The Balaban J connectivity index is 0.00000600. The Morgan fingerprint density at radius 1 is 0.787 bits per heavy atom. The molecule has 1 unspecified atom stereocenters. The van der Waals surface area contributed by atoms with Crippen LogP contribution in [0, 0.1) is 0 Å². The Bertz CT molecular complexity index is 1510. The zero-order valence-electron chi connectivity index (χ0n) is 27.7. The minimum Gasteiger partial charge on any atom is -1.00 e. The van der Waals surface area contributed by atoms with Gasteiger partial charge < -0.3 is 26.6 Å². The summed E-state index contributed by atoms with van der Waals surface area (Å²) in [6.07, 6.45) is 4.85. The number of nitrogens with one attached hydrogen (secondary N) is 3. The van der Waals surface area contributed by atoms with Crippen LogP contribution in [-0.2, 0) is 14.3 Å². The fourth-order valence-corrected chi connectivity index (χ4v) is 5.24. The lowest BCUT2D eigenvalue weighted by molar-refractivity contribution is -0.873. The van der Waals surface area contributed by atoms with Crippen molar-refractivity contribution in [2.75, 3.05) is 27.7 Å². The van der Waals surface area contributed by atoms with E-state index in [1.807, 2.05) is 93.9 Å². The van der Waals surface area contributed by atoms with Crippen molar-refractivity contribution in [2.24, 2.45) is 0 Å². The largest absolute Gasteiger partial charge is 1.00 e. The number of aromatic amines is 1. The summed E-state index contributed by atoms with van der Waals surface area (Å²) in [6.45, 7) is 2.62. The van der Waals surface area contributed by atoms with Gasteiger partial charge >= 0.3 is 5.97 Å². The van der Waals surface area contributed by atoms with E-state index in [2.05, 4.69) is 22.8 Å². The SMILES string of the molecule is CCCCCCCC(=O)OC(CC(=O)NNC(=O)c1ccc(-c2nc(-c3ccccc3)c(-c3ccccc3)[nH]2)cc1)C[N+](C)(C)C.[Cl-]. The van der Waals surface area contributed by atoms with E-state index >= 15 is 0 Å². The number of imidazole rings is 1. The van der Waals surface area contributed by atoms with Crippen LogP contribution in [0.3, 0.4) is 0 Å². The van der Waals surface area contributed by atoms with Gasteiger partial charge in [0.1, 0.15) is 12.4 Å². The van der Waals surface area contributed by atoms with Gasteiger partial charge in [0.2, 0.25) is 5.91 Å². The topological polar surface area (TPSA) is 113 Å². The van der Waals surface area contributed by atoms with Crippen LogP contribution in [0.1, 0.15) is 62.2 Å². The third-order valence-electron chi connectivity index (χ3n) is 7.50. The molecule has 1 aromatic heterocycles. The minimum atomic E-state index is -0.603. The molecule has 0 saturated heterocycles. The van der Waals surface area contributed by atoms with E-state index in [9.17, 15) is 14.4 Å². The molecular formula is C37H46ClN5O4. The number of halogens is 1. The van der Waals surface area contributed by atoms with Crippen molar-refractivity contribution in [1.82, 2.24) is 20.8 Å². The van der Waals surface area contributed by atoms with E-state index in [1.165, 1.54) is 0 Å². The van der Waals surface area contributed by atoms with Gasteiger partial charge in [-0.05, 0) is 18.6 Å². The van der Waals surface area contributed by atoms with Gasteiger partial charge in [-0.25, -0.2) is 4.98 Å². The van der Waals surface area contributed by atoms with Gasteiger partial charge in [-0.15, -0.1) is 0 Å². The van der Waals surface area contributed by atoms with E-state index in [0.29, 0.717) is 28.8 Å². The van der Waals surface area contributed by atoms with E-state index in [-0.39, 0.29) is 24.8 Å². The predicted octanol–water partition coefficient (Wildman–Crippen LogP) is 3.54. The van der Waals surface area contributed by atoms with Gasteiger partial charge in [-0.2, -0.15) is 0 Å². The number of hydrazine groups is 1. The number of rotatable bonds is 15. The molecule has 10 heteroatoms. The summed E-state index contributed by atoms with van der Waals surface area (Å²) in [6, 6.07) is 27.0. The molecule has 0 spiro atoms. The molecule has 0 fully saturated rings. The van der Waals surface area contributed by atoms with Gasteiger partial charge in [-0.1, -0.05) is 105 Å². The van der Waals surface area contributed by atoms with Crippen LogP contribution in [0.15, 0.2) is 84.9 Å². The number of likely N-dealkylation sites (N-methyl/N-ethyl adjacent to an activating group) is 1. The Labute approximate surface area is 284 Å². The zero-order chi connectivity index (χ0) is 32.9. The van der Waals surface area contributed by atoms with E-state index in [1.54, 1.807) is 12.1 Å². The smallest absolute Gasteiger partial charge is 0.306 e. The maximum Gasteiger partial charge on any atom is 0.306 e. The third-order valence-corrected chi connectivity index (χ3v) is 7.50. The maximum atomic E-state index is 12.9. The first-order valence-corrected chi connectivity index (χ1v) is 16.0. The van der Waals surface area contributed by atoms with Crippen LogP contribution in [0.25, 0.3) is 33.9 Å². The Hall–Kier alpha value is -4.47. The molecule has 3 N–H and O–H groups in total. The van der Waals surface area contributed by atoms with Crippen LogP contribution in [0.2, 0.25) is 0 Å². The third kappa shape index (κ3) is 11.7. The first kappa shape index (κ1) is 37.0. The molecule has 2 amide bonds. The molecule has 3 aromatic carbocycles. The second kappa shape index (κ2) is 18.0. The molecule has 0 aliphatic heterocycles. The Kier molecular flexibility index (Phi) is 14.2. The van der Waals surface area contributed by atoms with Gasteiger partial charge in [-0.3, -0.25) is 25.2 Å². The maximum absolute atomic E-state index is 12.9. The number of H-pyrrole nitrogens is 1. The molecule has 0 aliphatic carbocycles. The number of hydrogen-bond donors (Lipinski definition) is 3. The van der Waals surface area contributed by atoms with E-state index < -0.39 is 17.9 Å². The number of nitrogens with zero attached hydrogens (tertiary/aromatic N) is 2. The number of amides is 2. The molecule has 250 valence electrons. The first-order chi connectivity index (χ1) is 22.1. The average Bonchev–Trinajstić information content (AvgIpc) is 3.49. The van der Waals surface area contributed by atoms with Crippen molar-refractivity contribution >= 4 is 17.8 Å². The van der Waals surface area contributed by atoms with Crippen molar-refractivity contribution in [3.63, 3.8) is 0 Å². The number of aromatic nitrogens is 2. The molecular weight excluding hydrogens is 614 g/mol. The highest BCUT2D eigenvalue weighted by atomic mass is 35.5. The number of carbonyl (C=O) groups excluding carboxylic acids is 3. The summed E-state index contributed by atoms with van der Waals surface area (Å²) in [5.74, 6) is -0.509. The molecule has 0 bridgehead atoms. The average molecular weight is 660 g/mol. The predicted molar refractivity (Wildman–Crippen MR) is 181 cm³/mol. The quantitative estimate of drug-likeness (QED) is 0.0782. The monoisotopic (exact) mass is 659 g/mol. The summed E-state index contributed by atoms with van der Waals surface area (Å²) in [5.41, 5.74) is 9.91. The standard InChI is InChI=1S/C37H45N5O4.ClH/c1-5-6-7-8-15-20-33(44)46-31(26-42(2,3)4)25-32(43)40-41-37(45)30-23-21-29(22-24-30)36-38-34(27-16-11-9-12-17-27)35(39-36)28-18-13-10-14-19-28;/h9-14,16-19,21-24,31H,5-8,15,20,25-26H2,1-4H3,(H2-,38,39,40,41,43,45);1H.